The summed E-state index contributed by atoms with van der Waals surface area (Å²) >= 11 is 1.55. The lowest BCUT2D eigenvalue weighted by molar-refractivity contribution is 0.0974. The van der Waals surface area contributed by atoms with E-state index in [0.717, 1.165) is 28.3 Å². The van der Waals surface area contributed by atoms with Gasteiger partial charge in [-0.05, 0) is 59.1 Å². The van der Waals surface area contributed by atoms with Gasteiger partial charge in [-0.25, -0.2) is 4.98 Å². The molecule has 0 saturated heterocycles. The summed E-state index contributed by atoms with van der Waals surface area (Å²) in [5.74, 6) is -0.0472. The highest BCUT2D eigenvalue weighted by Gasteiger charge is 2.24. The smallest absolute Gasteiger partial charge is 0.278 e. The first kappa shape index (κ1) is 21.3. The molecule has 0 atom stereocenters. The van der Waals surface area contributed by atoms with Gasteiger partial charge in [-0.2, -0.15) is 5.10 Å². The Bertz CT molecular complexity index is 856. The number of thiazole rings is 1. The highest BCUT2D eigenvalue weighted by Crippen LogP contribution is 2.30. The summed E-state index contributed by atoms with van der Waals surface area (Å²) < 4.78 is 2.86. The number of aromatic nitrogens is 3. The Morgan fingerprint density at radius 1 is 1.19 bits per heavy atom. The zero-order valence-corrected chi connectivity index (χ0v) is 17.8. The predicted octanol–water partition coefficient (Wildman–Crippen LogP) is 4.09. The van der Waals surface area contributed by atoms with Gasteiger partial charge in [-0.3, -0.25) is 14.4 Å². The van der Waals surface area contributed by atoms with Gasteiger partial charge in [0.1, 0.15) is 5.69 Å². The van der Waals surface area contributed by atoms with Crippen LogP contribution in [0.1, 0.15) is 36.8 Å². The summed E-state index contributed by atoms with van der Waals surface area (Å²) in [6.45, 7) is 5.59. The Morgan fingerprint density at radius 2 is 1.93 bits per heavy atom. The van der Waals surface area contributed by atoms with E-state index in [1.54, 1.807) is 33.2 Å². The lowest BCUT2D eigenvalue weighted by Gasteiger charge is -2.22. The van der Waals surface area contributed by atoms with Crippen LogP contribution in [-0.4, -0.2) is 52.8 Å². The fraction of sp³-hybridized carbons (Fsp3) is 0.421. The van der Waals surface area contributed by atoms with Crippen LogP contribution in [0.5, 0.6) is 0 Å². The van der Waals surface area contributed by atoms with E-state index in [-0.39, 0.29) is 24.4 Å². The summed E-state index contributed by atoms with van der Waals surface area (Å²) in [7, 11) is 4.08. The molecule has 0 N–H and O–H groups in total. The third-order valence-corrected chi connectivity index (χ3v) is 5.18. The molecule has 0 saturated carbocycles. The summed E-state index contributed by atoms with van der Waals surface area (Å²) in [6.07, 6.45) is 2.56. The second kappa shape index (κ2) is 9.30. The second-order valence-electron chi connectivity index (χ2n) is 6.83. The van der Waals surface area contributed by atoms with Crippen LogP contribution >= 0.6 is 23.7 Å². The average molecular weight is 408 g/mol. The van der Waals surface area contributed by atoms with Crippen molar-refractivity contribution in [2.24, 2.45) is 0 Å². The molecule has 1 amide bonds. The summed E-state index contributed by atoms with van der Waals surface area (Å²) in [6, 6.07) is 9.90. The van der Waals surface area contributed by atoms with E-state index >= 15 is 0 Å². The summed E-state index contributed by atoms with van der Waals surface area (Å²) in [5, 5.41) is 5.05. The van der Waals surface area contributed by atoms with Gasteiger partial charge >= 0.3 is 0 Å². The molecule has 0 spiro atoms. The maximum absolute atomic E-state index is 13.3. The SMILES string of the molecule is CC(C)n1nccc1C(=O)N(CCCN(C)C)c1nc2ccccc2s1.Cl. The Morgan fingerprint density at radius 3 is 2.59 bits per heavy atom. The lowest BCUT2D eigenvalue weighted by atomic mass is 10.3. The number of rotatable bonds is 7. The van der Waals surface area contributed by atoms with Crippen molar-refractivity contribution in [3.8, 4) is 0 Å². The van der Waals surface area contributed by atoms with Crippen molar-refractivity contribution >= 4 is 45.0 Å². The van der Waals surface area contributed by atoms with Gasteiger partial charge < -0.3 is 4.90 Å². The van der Waals surface area contributed by atoms with Crippen molar-refractivity contribution in [1.82, 2.24) is 19.7 Å². The normalized spacial score (nSPS) is 11.2. The van der Waals surface area contributed by atoms with E-state index in [1.807, 2.05) is 52.2 Å². The van der Waals surface area contributed by atoms with Gasteiger partial charge in [0.25, 0.3) is 5.91 Å². The van der Waals surface area contributed by atoms with E-state index < -0.39 is 0 Å². The molecule has 8 heteroatoms. The van der Waals surface area contributed by atoms with Gasteiger partial charge in [-0.15, -0.1) is 12.4 Å². The molecule has 0 bridgehead atoms. The maximum atomic E-state index is 13.3. The van der Waals surface area contributed by atoms with Crippen LogP contribution in [-0.2, 0) is 0 Å². The Kier molecular flexibility index (Phi) is 7.35. The monoisotopic (exact) mass is 407 g/mol. The molecule has 0 radical (unpaired) electrons. The molecule has 1 aromatic carbocycles. The van der Waals surface area contributed by atoms with Crippen LogP contribution in [0.25, 0.3) is 10.2 Å². The van der Waals surface area contributed by atoms with Crippen molar-refractivity contribution < 1.29 is 4.79 Å². The number of nitrogens with zero attached hydrogens (tertiary/aromatic N) is 5. The minimum atomic E-state index is -0.0472. The average Bonchev–Trinajstić information content (AvgIpc) is 3.24. The fourth-order valence-corrected chi connectivity index (χ4v) is 3.83. The molecular formula is C19H26ClN5OS. The number of amides is 1. The highest BCUT2D eigenvalue weighted by molar-refractivity contribution is 7.22. The van der Waals surface area contributed by atoms with Crippen molar-refractivity contribution in [2.75, 3.05) is 32.1 Å². The number of benzene rings is 1. The standard InChI is InChI=1S/C19H25N5OS.ClH/c1-14(2)24-16(10-11-20-24)18(25)23(13-7-12-22(3)4)19-21-15-8-5-6-9-17(15)26-19;/h5-6,8-11,14H,7,12-13H2,1-4H3;1H. The summed E-state index contributed by atoms with van der Waals surface area (Å²) in [5.41, 5.74) is 1.53. The molecule has 2 aromatic heterocycles. The molecule has 0 fully saturated rings. The number of hydrogen-bond donors (Lipinski definition) is 0. The van der Waals surface area contributed by atoms with Crippen molar-refractivity contribution in [1.29, 1.82) is 0 Å². The largest absolute Gasteiger partial charge is 0.309 e. The van der Waals surface area contributed by atoms with E-state index in [2.05, 4.69) is 10.00 Å². The molecule has 27 heavy (non-hydrogen) atoms. The Hall–Kier alpha value is -1.96. The molecule has 0 aliphatic carbocycles. The predicted molar refractivity (Wildman–Crippen MR) is 114 cm³/mol. The van der Waals surface area contributed by atoms with Gasteiger partial charge in [0.2, 0.25) is 0 Å². The lowest BCUT2D eigenvalue weighted by Crippen LogP contribution is -2.35. The van der Waals surface area contributed by atoms with Crippen LogP contribution in [0.4, 0.5) is 5.13 Å². The third-order valence-electron chi connectivity index (χ3n) is 4.12. The number of fused-ring (bicyclic) bond motifs is 1. The zero-order chi connectivity index (χ0) is 18.7. The summed E-state index contributed by atoms with van der Waals surface area (Å²) in [4.78, 5) is 21.9. The van der Waals surface area contributed by atoms with Crippen molar-refractivity contribution in [3.63, 3.8) is 0 Å². The molecule has 0 unspecified atom stereocenters. The van der Waals surface area contributed by atoms with Crippen LogP contribution in [0.3, 0.4) is 0 Å². The van der Waals surface area contributed by atoms with Crippen LogP contribution in [0, 0.1) is 0 Å². The van der Waals surface area contributed by atoms with Crippen LogP contribution < -0.4 is 4.90 Å². The molecule has 3 aromatic rings. The van der Waals surface area contributed by atoms with Gasteiger partial charge in [0, 0.05) is 18.8 Å². The first-order valence-electron chi connectivity index (χ1n) is 8.83. The fourth-order valence-electron chi connectivity index (χ4n) is 2.84. The maximum Gasteiger partial charge on any atom is 0.278 e. The molecule has 0 aliphatic heterocycles. The molecule has 6 nitrogen and oxygen atoms in total. The van der Waals surface area contributed by atoms with E-state index in [1.165, 1.54) is 0 Å². The number of carbonyl (C=O) groups excluding carboxylic acids is 1. The number of carbonyl (C=O) groups is 1. The molecule has 146 valence electrons. The molecule has 3 rings (SSSR count). The quantitative estimate of drug-likeness (QED) is 0.591. The minimum absolute atomic E-state index is 0. The van der Waals surface area contributed by atoms with E-state index in [0.29, 0.717) is 12.2 Å². The molecule has 0 aliphatic rings. The van der Waals surface area contributed by atoms with Gasteiger partial charge in [-0.1, -0.05) is 23.5 Å². The first-order chi connectivity index (χ1) is 12.5. The molecular weight excluding hydrogens is 382 g/mol. The van der Waals surface area contributed by atoms with Crippen molar-refractivity contribution in [3.05, 3.63) is 42.2 Å². The Labute approximate surface area is 170 Å². The van der Waals surface area contributed by atoms with Crippen LogP contribution in [0.15, 0.2) is 36.5 Å². The number of para-hydroxylation sites is 1. The topological polar surface area (TPSA) is 54.3 Å². The van der Waals surface area contributed by atoms with Gasteiger partial charge in [0.15, 0.2) is 5.13 Å². The van der Waals surface area contributed by atoms with Crippen LogP contribution in [0.2, 0.25) is 0 Å². The zero-order valence-electron chi connectivity index (χ0n) is 16.1. The van der Waals surface area contributed by atoms with Crippen molar-refractivity contribution in [2.45, 2.75) is 26.3 Å². The van der Waals surface area contributed by atoms with E-state index in [4.69, 9.17) is 4.98 Å². The molecule has 2 heterocycles. The van der Waals surface area contributed by atoms with Gasteiger partial charge in [0.05, 0.1) is 10.2 Å². The second-order valence-corrected chi connectivity index (χ2v) is 7.84. The number of halogens is 1. The Balaban J connectivity index is 0.00000261. The first-order valence-corrected chi connectivity index (χ1v) is 9.64. The number of anilines is 1. The van der Waals surface area contributed by atoms with E-state index in [9.17, 15) is 4.79 Å². The highest BCUT2D eigenvalue weighted by atomic mass is 35.5. The third kappa shape index (κ3) is 4.86. The minimum Gasteiger partial charge on any atom is -0.309 e. The number of hydrogen-bond acceptors (Lipinski definition) is 5.